The van der Waals surface area contributed by atoms with Crippen molar-refractivity contribution in [2.24, 2.45) is 0 Å². The van der Waals surface area contributed by atoms with Gasteiger partial charge in [-0.2, -0.15) is 15.0 Å². The molecule has 0 fully saturated rings. The van der Waals surface area contributed by atoms with E-state index in [-0.39, 0.29) is 12.0 Å². The minimum atomic E-state index is -0.0409. The molecule has 1 unspecified atom stereocenters. The summed E-state index contributed by atoms with van der Waals surface area (Å²) in [6.07, 6.45) is 1.70. The first-order chi connectivity index (χ1) is 13.7. The van der Waals surface area contributed by atoms with Crippen LogP contribution in [-0.4, -0.2) is 45.0 Å². The van der Waals surface area contributed by atoms with Gasteiger partial charge in [-0.25, -0.2) is 0 Å². The fourth-order valence-corrected chi connectivity index (χ4v) is 3.30. The Labute approximate surface area is 163 Å². The number of hydrogen-bond donors (Lipinski definition) is 1. The number of ether oxygens (including phenoxy) is 1. The molecule has 1 aromatic heterocycles. The molecule has 7 nitrogen and oxygen atoms in total. The van der Waals surface area contributed by atoms with E-state index >= 15 is 0 Å². The van der Waals surface area contributed by atoms with Crippen molar-refractivity contribution in [2.75, 3.05) is 13.1 Å². The van der Waals surface area contributed by atoms with Crippen LogP contribution >= 0.6 is 0 Å². The van der Waals surface area contributed by atoms with Crippen molar-refractivity contribution >= 4 is 5.91 Å². The highest BCUT2D eigenvalue weighted by atomic mass is 16.5. The number of fused-ring (bicyclic) bond motifs is 1. The van der Waals surface area contributed by atoms with Crippen LogP contribution in [0, 0.1) is 0 Å². The van der Waals surface area contributed by atoms with Crippen LogP contribution < -0.4 is 10.1 Å². The quantitative estimate of drug-likeness (QED) is 0.738. The number of benzene rings is 2. The molecule has 1 N–H and O–H groups in total. The number of amides is 1. The van der Waals surface area contributed by atoms with Crippen LogP contribution in [0.4, 0.5) is 0 Å². The summed E-state index contributed by atoms with van der Waals surface area (Å²) < 4.78 is 5.95. The Balaban J connectivity index is 1.33. The van der Waals surface area contributed by atoms with E-state index in [0.717, 1.165) is 22.7 Å². The van der Waals surface area contributed by atoms with E-state index in [1.54, 1.807) is 11.0 Å². The molecule has 0 saturated heterocycles. The van der Waals surface area contributed by atoms with E-state index in [0.29, 0.717) is 26.2 Å². The van der Waals surface area contributed by atoms with Crippen LogP contribution in [0.25, 0.3) is 5.69 Å². The second-order valence-corrected chi connectivity index (χ2v) is 6.94. The fraction of sp³-hybridized carbons (Fsp3) is 0.286. The Bertz CT molecular complexity index is 941. The molecule has 0 saturated carbocycles. The molecule has 7 heteroatoms. The van der Waals surface area contributed by atoms with Crippen LogP contribution in [0.5, 0.6) is 5.75 Å². The van der Waals surface area contributed by atoms with Crippen molar-refractivity contribution in [2.45, 2.75) is 26.1 Å². The normalized spacial score (nSPS) is 16.7. The molecule has 0 aliphatic carbocycles. The van der Waals surface area contributed by atoms with Crippen molar-refractivity contribution in [3.05, 3.63) is 72.1 Å². The zero-order chi connectivity index (χ0) is 19.3. The van der Waals surface area contributed by atoms with Crippen molar-refractivity contribution < 1.29 is 9.53 Å². The van der Waals surface area contributed by atoms with Crippen molar-refractivity contribution in [3.8, 4) is 11.4 Å². The molecule has 2 heterocycles. The van der Waals surface area contributed by atoms with Crippen LogP contribution in [0.2, 0.25) is 0 Å². The van der Waals surface area contributed by atoms with E-state index in [2.05, 4.69) is 20.4 Å². The predicted molar refractivity (Wildman–Crippen MR) is 105 cm³/mol. The van der Waals surface area contributed by atoms with Gasteiger partial charge in [-0.15, -0.1) is 0 Å². The molecular formula is C21H23N5O2. The maximum absolute atomic E-state index is 12.4. The highest BCUT2D eigenvalue weighted by Gasteiger charge is 2.21. The Morgan fingerprint density at radius 1 is 1.18 bits per heavy atom. The molecule has 1 atom stereocenters. The molecule has 1 amide bonds. The van der Waals surface area contributed by atoms with Gasteiger partial charge in [0.15, 0.2) is 0 Å². The lowest BCUT2D eigenvalue weighted by atomic mass is 10.2. The summed E-state index contributed by atoms with van der Waals surface area (Å²) in [5.74, 6) is 0.858. The summed E-state index contributed by atoms with van der Waals surface area (Å²) in [5.41, 5.74) is 2.71. The van der Waals surface area contributed by atoms with Crippen LogP contribution in [-0.2, 0) is 17.9 Å². The highest BCUT2D eigenvalue weighted by molar-refractivity contribution is 5.78. The molecule has 144 valence electrons. The van der Waals surface area contributed by atoms with E-state index in [1.165, 1.54) is 0 Å². The fourth-order valence-electron chi connectivity index (χ4n) is 3.30. The standard InChI is InChI=1S/C21H23N5O2/c1-16-13-25(14-17-7-5-6-10-20(17)28-16)15-21(27)22-11-18-12-23-26(24-18)19-8-3-2-4-9-19/h2-10,12,16H,11,13-15H2,1H3,(H,22,27). The Morgan fingerprint density at radius 2 is 1.96 bits per heavy atom. The summed E-state index contributed by atoms with van der Waals surface area (Å²) in [7, 11) is 0. The van der Waals surface area contributed by atoms with E-state index in [4.69, 9.17) is 4.74 Å². The summed E-state index contributed by atoms with van der Waals surface area (Å²) in [6.45, 7) is 4.08. The molecule has 0 radical (unpaired) electrons. The first-order valence-corrected chi connectivity index (χ1v) is 9.37. The zero-order valence-electron chi connectivity index (χ0n) is 15.8. The monoisotopic (exact) mass is 377 g/mol. The number of hydrogen-bond acceptors (Lipinski definition) is 5. The van der Waals surface area contributed by atoms with Gasteiger partial charge in [0, 0.05) is 18.7 Å². The number of aromatic nitrogens is 3. The average Bonchev–Trinajstić information content (AvgIpc) is 3.11. The molecule has 28 heavy (non-hydrogen) atoms. The van der Waals surface area contributed by atoms with E-state index < -0.39 is 0 Å². The summed E-state index contributed by atoms with van der Waals surface area (Å²) in [4.78, 5) is 16.1. The summed E-state index contributed by atoms with van der Waals surface area (Å²) >= 11 is 0. The van der Waals surface area contributed by atoms with Gasteiger partial charge < -0.3 is 10.1 Å². The molecule has 1 aliphatic heterocycles. The minimum Gasteiger partial charge on any atom is -0.489 e. The van der Waals surface area contributed by atoms with Crippen LogP contribution in [0.3, 0.4) is 0 Å². The third kappa shape index (κ3) is 4.37. The lowest BCUT2D eigenvalue weighted by molar-refractivity contribution is -0.122. The Kier molecular flexibility index (Phi) is 5.34. The number of nitrogens with zero attached hydrogens (tertiary/aromatic N) is 4. The molecule has 4 rings (SSSR count). The van der Waals surface area contributed by atoms with Crippen molar-refractivity contribution in [1.82, 2.24) is 25.2 Å². The van der Waals surface area contributed by atoms with Gasteiger partial charge in [-0.3, -0.25) is 9.69 Å². The smallest absolute Gasteiger partial charge is 0.234 e. The number of carbonyl (C=O) groups excluding carboxylic acids is 1. The predicted octanol–water partition coefficient (Wildman–Crippen LogP) is 2.17. The van der Waals surface area contributed by atoms with E-state index in [9.17, 15) is 4.79 Å². The maximum Gasteiger partial charge on any atom is 0.234 e. The van der Waals surface area contributed by atoms with Gasteiger partial charge in [0.05, 0.1) is 25.0 Å². The number of rotatable bonds is 5. The Morgan fingerprint density at radius 3 is 2.82 bits per heavy atom. The van der Waals surface area contributed by atoms with Gasteiger partial charge in [0.25, 0.3) is 0 Å². The van der Waals surface area contributed by atoms with Gasteiger partial charge in [-0.05, 0) is 25.1 Å². The Hall–Kier alpha value is -3.19. The lowest BCUT2D eigenvalue weighted by Crippen LogP contribution is -2.39. The molecule has 1 aliphatic rings. The second-order valence-electron chi connectivity index (χ2n) is 6.94. The highest BCUT2D eigenvalue weighted by Crippen LogP contribution is 2.24. The van der Waals surface area contributed by atoms with Gasteiger partial charge in [0.2, 0.25) is 5.91 Å². The molecule has 2 aromatic carbocycles. The van der Waals surface area contributed by atoms with Crippen molar-refractivity contribution in [1.29, 1.82) is 0 Å². The summed E-state index contributed by atoms with van der Waals surface area (Å²) in [5, 5.41) is 11.6. The van der Waals surface area contributed by atoms with Crippen LogP contribution in [0.15, 0.2) is 60.8 Å². The van der Waals surface area contributed by atoms with E-state index in [1.807, 2.05) is 61.5 Å². The maximum atomic E-state index is 12.4. The van der Waals surface area contributed by atoms with Crippen molar-refractivity contribution in [3.63, 3.8) is 0 Å². The third-order valence-corrected chi connectivity index (χ3v) is 4.57. The number of carbonyl (C=O) groups is 1. The molecule has 0 spiro atoms. The van der Waals surface area contributed by atoms with Gasteiger partial charge >= 0.3 is 0 Å². The average molecular weight is 377 g/mol. The molecule has 3 aromatic rings. The number of nitrogens with one attached hydrogen (secondary N) is 1. The first-order valence-electron chi connectivity index (χ1n) is 9.37. The molecule has 0 bridgehead atoms. The topological polar surface area (TPSA) is 72.3 Å². The third-order valence-electron chi connectivity index (χ3n) is 4.57. The summed E-state index contributed by atoms with van der Waals surface area (Å²) in [6, 6.07) is 17.7. The number of para-hydroxylation sites is 2. The minimum absolute atomic E-state index is 0.0298. The van der Waals surface area contributed by atoms with Crippen LogP contribution in [0.1, 0.15) is 18.2 Å². The SMILES string of the molecule is CC1CN(CC(=O)NCc2cnn(-c3ccccc3)n2)Cc2ccccc2O1. The largest absolute Gasteiger partial charge is 0.489 e. The van der Waals surface area contributed by atoms with Gasteiger partial charge in [-0.1, -0.05) is 36.4 Å². The lowest BCUT2D eigenvalue weighted by Gasteiger charge is -2.21. The van der Waals surface area contributed by atoms with Gasteiger partial charge in [0.1, 0.15) is 17.5 Å². The zero-order valence-corrected chi connectivity index (χ0v) is 15.8. The first kappa shape index (κ1) is 18.2. The molecular weight excluding hydrogens is 354 g/mol. The second kappa shape index (κ2) is 8.22.